The molecule has 0 aromatic carbocycles. The molecule has 0 aromatic heterocycles. The van der Waals surface area contributed by atoms with Crippen LogP contribution in [0.1, 0.15) is 0 Å². The Balaban J connectivity index is 3.48. The first-order valence-electron chi connectivity index (χ1n) is 0.995. The predicted molar refractivity (Wildman–Crippen MR) is 21.0 cm³/mol. The molecule has 0 rings (SSSR count). The highest BCUT2D eigenvalue weighted by Gasteiger charge is 2.06. The molecule has 6 heavy (non-hydrogen) atoms. The minimum Gasteiger partial charge on any atom is -0.312 e. The second kappa shape index (κ2) is 1.91. The van der Waals surface area contributed by atoms with Crippen LogP contribution in [0, 0.1) is 0 Å². The van der Waals surface area contributed by atoms with E-state index in [4.69, 9.17) is 9.79 Å². The van der Waals surface area contributed by atoms with Crippen LogP contribution in [0.15, 0.2) is 0 Å². The summed E-state index contributed by atoms with van der Waals surface area (Å²) in [6.07, 6.45) is 0. The summed E-state index contributed by atoms with van der Waals surface area (Å²) in [7, 11) is -4.13. The van der Waals surface area contributed by atoms with E-state index in [9.17, 15) is 4.57 Å². The number of hydrogen-bond acceptors (Lipinski definition) is 1. The standard InChI is InChI=1S/ClH3NO3P/c1-2-6(3,4)5/h(H3,2,3,4,5). The maximum atomic E-state index is 9.45. The summed E-state index contributed by atoms with van der Waals surface area (Å²) in [6.45, 7) is 0. The molecule has 4 nitrogen and oxygen atoms in total. The minimum absolute atomic E-state index is 1.24. The van der Waals surface area contributed by atoms with Crippen LogP contribution in [0.2, 0.25) is 0 Å². The molecule has 0 saturated carbocycles. The third kappa shape index (κ3) is 4.40. The third-order valence-electron chi connectivity index (χ3n) is 0.110. The van der Waals surface area contributed by atoms with Crippen molar-refractivity contribution in [1.82, 2.24) is 4.61 Å². The van der Waals surface area contributed by atoms with Crippen LogP contribution in [-0.2, 0) is 4.57 Å². The average molecular weight is 131 g/mol. The van der Waals surface area contributed by atoms with Crippen LogP contribution in [0.5, 0.6) is 0 Å². The Kier molecular flexibility index (Phi) is 2.04. The Hall–Kier alpha value is 0.400. The summed E-state index contributed by atoms with van der Waals surface area (Å²) in [6, 6.07) is 0. The highest BCUT2D eigenvalue weighted by molar-refractivity contribution is 7.50. The summed E-state index contributed by atoms with van der Waals surface area (Å²) in [5.74, 6) is 0. The second-order valence-corrected chi connectivity index (χ2v) is 2.39. The Morgan fingerprint density at radius 1 is 1.67 bits per heavy atom. The van der Waals surface area contributed by atoms with Crippen LogP contribution >= 0.6 is 19.5 Å². The molecule has 0 aromatic rings. The average Bonchev–Trinajstić information content (AvgIpc) is 1.35. The van der Waals surface area contributed by atoms with Crippen LogP contribution < -0.4 is 4.61 Å². The van der Waals surface area contributed by atoms with Gasteiger partial charge in [-0.25, -0.2) is 4.57 Å². The van der Waals surface area contributed by atoms with Gasteiger partial charge in [0.2, 0.25) is 0 Å². The van der Waals surface area contributed by atoms with Gasteiger partial charge >= 0.3 is 7.75 Å². The van der Waals surface area contributed by atoms with Gasteiger partial charge in [-0.3, -0.25) is 0 Å². The van der Waals surface area contributed by atoms with E-state index in [1.54, 1.807) is 0 Å². The highest BCUT2D eigenvalue weighted by atomic mass is 35.5. The zero-order chi connectivity index (χ0) is 5.21. The van der Waals surface area contributed by atoms with Crippen molar-refractivity contribution < 1.29 is 14.4 Å². The van der Waals surface area contributed by atoms with E-state index in [0.29, 0.717) is 0 Å². The van der Waals surface area contributed by atoms with Gasteiger partial charge < -0.3 is 9.79 Å². The molecule has 0 atom stereocenters. The van der Waals surface area contributed by atoms with Crippen LogP contribution in [0.3, 0.4) is 0 Å². The van der Waals surface area contributed by atoms with Crippen molar-refractivity contribution in [2.45, 2.75) is 0 Å². The van der Waals surface area contributed by atoms with Crippen molar-refractivity contribution >= 4 is 19.5 Å². The lowest BCUT2D eigenvalue weighted by Gasteiger charge is -1.92. The van der Waals surface area contributed by atoms with E-state index in [1.807, 2.05) is 0 Å². The zero-order valence-corrected chi connectivity index (χ0v) is 4.28. The first-order valence-corrected chi connectivity index (χ1v) is 2.99. The van der Waals surface area contributed by atoms with E-state index in [1.165, 1.54) is 4.61 Å². The van der Waals surface area contributed by atoms with Gasteiger partial charge in [-0.05, 0) is 11.8 Å². The molecule has 3 N–H and O–H groups in total. The molecule has 0 aliphatic rings. The Morgan fingerprint density at radius 2 is 1.83 bits per heavy atom. The third-order valence-corrected chi connectivity index (χ3v) is 0.991. The molecule has 0 amide bonds. The van der Waals surface area contributed by atoms with E-state index in [2.05, 4.69) is 11.8 Å². The molecule has 0 heterocycles. The summed E-state index contributed by atoms with van der Waals surface area (Å²) in [5, 5.41) is 0. The van der Waals surface area contributed by atoms with Crippen LogP contribution in [-0.4, -0.2) is 9.79 Å². The molecule has 6 heteroatoms. The van der Waals surface area contributed by atoms with Gasteiger partial charge in [0.1, 0.15) is 0 Å². The van der Waals surface area contributed by atoms with Crippen molar-refractivity contribution in [2.24, 2.45) is 0 Å². The van der Waals surface area contributed by atoms with Crippen molar-refractivity contribution in [1.29, 1.82) is 0 Å². The van der Waals surface area contributed by atoms with Crippen molar-refractivity contribution in [3.63, 3.8) is 0 Å². The van der Waals surface area contributed by atoms with E-state index in [-0.39, 0.29) is 0 Å². The van der Waals surface area contributed by atoms with Gasteiger partial charge in [-0.1, -0.05) is 0 Å². The quantitative estimate of drug-likeness (QED) is 0.341. The van der Waals surface area contributed by atoms with E-state index in [0.717, 1.165) is 0 Å². The van der Waals surface area contributed by atoms with E-state index >= 15 is 0 Å². The van der Waals surface area contributed by atoms with Gasteiger partial charge in [0.15, 0.2) is 0 Å². The molecule has 0 bridgehead atoms. The number of hydrogen-bond donors (Lipinski definition) is 3. The minimum atomic E-state index is -4.13. The van der Waals surface area contributed by atoms with Gasteiger partial charge in [-0.2, -0.15) is 0 Å². The molecule has 38 valence electrons. The smallest absolute Gasteiger partial charge is 0.312 e. The van der Waals surface area contributed by atoms with Gasteiger partial charge in [0, 0.05) is 0 Å². The zero-order valence-electron chi connectivity index (χ0n) is 2.63. The molecule has 0 spiro atoms. The summed E-state index contributed by atoms with van der Waals surface area (Å²) >= 11 is 4.46. The molecule has 0 radical (unpaired) electrons. The summed E-state index contributed by atoms with van der Waals surface area (Å²) in [5.41, 5.74) is 0. The topological polar surface area (TPSA) is 69.6 Å². The fourth-order valence-corrected chi connectivity index (χ4v) is 0. The fraction of sp³-hybridized carbons (Fsp3) is 0. The first kappa shape index (κ1) is 6.40. The molecular formula is H3ClNO3P. The number of nitrogens with one attached hydrogen (secondary N) is 1. The monoisotopic (exact) mass is 131 g/mol. The van der Waals surface area contributed by atoms with E-state index < -0.39 is 7.75 Å². The molecule has 0 aliphatic heterocycles. The lowest BCUT2D eigenvalue weighted by molar-refractivity contribution is 0.369. The fourth-order valence-electron chi connectivity index (χ4n) is 0. The van der Waals surface area contributed by atoms with Crippen molar-refractivity contribution in [3.8, 4) is 0 Å². The molecule has 0 saturated heterocycles. The van der Waals surface area contributed by atoms with Crippen molar-refractivity contribution in [3.05, 3.63) is 0 Å². The predicted octanol–water partition coefficient (Wildman–Crippen LogP) is -0.178. The van der Waals surface area contributed by atoms with Gasteiger partial charge in [0.25, 0.3) is 0 Å². The van der Waals surface area contributed by atoms with Crippen LogP contribution in [0.25, 0.3) is 0 Å². The Bertz CT molecular complexity index is 74.9. The van der Waals surface area contributed by atoms with Crippen LogP contribution in [0.4, 0.5) is 0 Å². The molecule has 0 fully saturated rings. The lowest BCUT2D eigenvalue weighted by Crippen LogP contribution is -1.90. The molecule has 0 unspecified atom stereocenters. The summed E-state index contributed by atoms with van der Waals surface area (Å²) in [4.78, 5) is 15.4. The SMILES string of the molecule is O=P(O)(O)NCl. The summed E-state index contributed by atoms with van der Waals surface area (Å²) < 4.78 is 10.7. The largest absolute Gasteiger partial charge is 0.414 e. The maximum Gasteiger partial charge on any atom is 0.414 e. The normalized spacial score (nSPS) is 11.8. The number of halogens is 1. The number of rotatable bonds is 1. The molecule has 0 aliphatic carbocycles. The first-order chi connectivity index (χ1) is 2.56. The van der Waals surface area contributed by atoms with Gasteiger partial charge in [-0.15, -0.1) is 4.61 Å². The maximum absolute atomic E-state index is 9.45. The Morgan fingerprint density at radius 3 is 1.83 bits per heavy atom. The Labute approximate surface area is 39.4 Å². The second-order valence-electron chi connectivity index (χ2n) is 0.629. The van der Waals surface area contributed by atoms with Crippen molar-refractivity contribution in [2.75, 3.05) is 0 Å². The highest BCUT2D eigenvalue weighted by Crippen LogP contribution is 2.28. The van der Waals surface area contributed by atoms with Gasteiger partial charge in [0.05, 0.1) is 0 Å². The lowest BCUT2D eigenvalue weighted by atomic mass is 13.9. The molecular weight excluding hydrogens is 128 g/mol.